The fourth-order valence-electron chi connectivity index (χ4n) is 8.92. The van der Waals surface area contributed by atoms with Crippen LogP contribution in [0.1, 0.15) is 88.7 Å². The molecule has 0 bridgehead atoms. The van der Waals surface area contributed by atoms with Gasteiger partial charge in [-0.1, -0.05) is 13.8 Å². The number of nitrogens with zero attached hydrogens (tertiary/aromatic N) is 3. The summed E-state index contributed by atoms with van der Waals surface area (Å²) >= 11 is 0. The number of carbonyl (C=O) groups excluding carboxylic acids is 5. The number of piperidine rings is 1. The molecule has 3 aromatic carbocycles. The molecule has 14 nitrogen and oxygen atoms in total. The van der Waals surface area contributed by atoms with E-state index in [4.69, 9.17) is 18.9 Å². The molecule has 2 unspecified atom stereocenters. The normalized spacial score (nSPS) is 22.8. The molecule has 0 radical (unpaired) electrons. The molecule has 4 heterocycles. The highest BCUT2D eigenvalue weighted by atomic mass is 16.5. The van der Waals surface area contributed by atoms with Gasteiger partial charge in [-0.25, -0.2) is 0 Å². The van der Waals surface area contributed by atoms with Gasteiger partial charge in [0.25, 0.3) is 17.7 Å². The minimum atomic E-state index is -1.02. The van der Waals surface area contributed by atoms with Crippen molar-refractivity contribution in [2.45, 2.75) is 70.1 Å². The van der Waals surface area contributed by atoms with Crippen LogP contribution in [0.25, 0.3) is 10.9 Å². The van der Waals surface area contributed by atoms with Crippen LogP contribution in [-0.4, -0.2) is 84.0 Å². The van der Waals surface area contributed by atoms with Crippen molar-refractivity contribution in [1.29, 1.82) is 5.26 Å². The number of aromatic nitrogens is 1. The molecular weight excluding hydrogens is 730 g/mol. The largest absolute Gasteiger partial charge is 0.494 e. The molecule has 14 heteroatoms. The van der Waals surface area contributed by atoms with Gasteiger partial charge in [-0.05, 0) is 79.6 Å². The summed E-state index contributed by atoms with van der Waals surface area (Å²) in [7, 11) is 0. The average Bonchev–Trinajstić information content (AvgIpc) is 3.45. The summed E-state index contributed by atoms with van der Waals surface area (Å²) in [5.74, 6) is -0.665. The molecule has 1 saturated heterocycles. The van der Waals surface area contributed by atoms with E-state index in [1.165, 1.54) is 12.1 Å². The molecule has 8 rings (SSSR count). The van der Waals surface area contributed by atoms with E-state index in [0.717, 1.165) is 15.8 Å². The van der Waals surface area contributed by atoms with Crippen LogP contribution >= 0.6 is 0 Å². The van der Waals surface area contributed by atoms with E-state index in [9.17, 15) is 29.2 Å². The van der Waals surface area contributed by atoms with Crippen molar-refractivity contribution in [3.63, 3.8) is 0 Å². The lowest BCUT2D eigenvalue weighted by Gasteiger charge is -2.66. The molecular formula is C43H41N5O9. The number of benzene rings is 3. The highest BCUT2D eigenvalue weighted by molar-refractivity contribution is 6.23. The van der Waals surface area contributed by atoms with Crippen molar-refractivity contribution in [2.24, 2.45) is 5.41 Å². The molecule has 1 aromatic heterocycles. The van der Waals surface area contributed by atoms with E-state index in [1.807, 2.05) is 12.1 Å². The minimum Gasteiger partial charge on any atom is -0.494 e. The van der Waals surface area contributed by atoms with E-state index in [2.05, 4.69) is 42.5 Å². The molecule has 1 saturated carbocycles. The van der Waals surface area contributed by atoms with E-state index >= 15 is 0 Å². The number of amides is 5. The topological polar surface area (TPSA) is 186 Å². The number of nitriles is 1. The maximum Gasteiger partial charge on any atom is 0.262 e. The summed E-state index contributed by atoms with van der Waals surface area (Å²) in [5.41, 5.74) is 2.06. The first-order valence-corrected chi connectivity index (χ1v) is 19.0. The van der Waals surface area contributed by atoms with Gasteiger partial charge in [0, 0.05) is 55.0 Å². The third kappa shape index (κ3) is 6.41. The minimum absolute atomic E-state index is 0.0570. The average molecular weight is 772 g/mol. The lowest BCUT2D eigenvalue weighted by atomic mass is 9.45. The van der Waals surface area contributed by atoms with Crippen LogP contribution in [0.2, 0.25) is 0 Å². The van der Waals surface area contributed by atoms with Crippen molar-refractivity contribution in [3.8, 4) is 23.3 Å². The molecule has 292 valence electrons. The summed E-state index contributed by atoms with van der Waals surface area (Å²) in [5, 5.41) is 16.0. The molecule has 57 heavy (non-hydrogen) atoms. The van der Waals surface area contributed by atoms with Gasteiger partial charge in [0.2, 0.25) is 11.8 Å². The van der Waals surface area contributed by atoms with Gasteiger partial charge in [-0.3, -0.25) is 39.2 Å². The smallest absolute Gasteiger partial charge is 0.262 e. The molecule has 1 aliphatic carbocycles. The Balaban J connectivity index is 0.762. The van der Waals surface area contributed by atoms with Gasteiger partial charge in [0.1, 0.15) is 35.5 Å². The third-order valence-corrected chi connectivity index (χ3v) is 11.6. The number of rotatable bonds is 13. The van der Waals surface area contributed by atoms with Crippen molar-refractivity contribution in [1.82, 2.24) is 20.5 Å². The number of carbonyl (C=O) groups is 5. The zero-order chi connectivity index (χ0) is 40.1. The Morgan fingerprint density at radius 3 is 2.35 bits per heavy atom. The third-order valence-electron chi connectivity index (χ3n) is 11.6. The van der Waals surface area contributed by atoms with Crippen LogP contribution in [-0.2, 0) is 19.7 Å². The van der Waals surface area contributed by atoms with Gasteiger partial charge >= 0.3 is 0 Å². The Morgan fingerprint density at radius 1 is 0.930 bits per heavy atom. The van der Waals surface area contributed by atoms with Gasteiger partial charge in [0.15, 0.2) is 0 Å². The number of fused-ring (bicyclic) bond motifs is 3. The SMILES string of the molecule is CC1(C)C(NC(=O)c2ccc(OCCCOCCCOc3ccc4c(c3)C(=O)N(C3CCC(=O)NC3=O)C4=O)cc2)[C@]2(C)c3ccnc4c(C#N)ccc(c34)O[C@@H]12. The quantitative estimate of drug-likeness (QED) is 0.143. The van der Waals surface area contributed by atoms with Crippen molar-refractivity contribution in [2.75, 3.05) is 26.4 Å². The van der Waals surface area contributed by atoms with E-state index in [-0.39, 0.29) is 47.4 Å². The Labute approximate surface area is 328 Å². The van der Waals surface area contributed by atoms with Gasteiger partial charge < -0.3 is 24.3 Å². The molecule has 2 fully saturated rings. The number of pyridine rings is 1. The predicted octanol–water partition coefficient (Wildman–Crippen LogP) is 4.62. The number of ether oxygens (including phenoxy) is 4. The predicted molar refractivity (Wildman–Crippen MR) is 204 cm³/mol. The summed E-state index contributed by atoms with van der Waals surface area (Å²) in [4.78, 5) is 68.7. The number of imide groups is 2. The maximum atomic E-state index is 13.6. The highest BCUT2D eigenvalue weighted by Crippen LogP contribution is 2.61. The molecule has 4 atom stereocenters. The highest BCUT2D eigenvalue weighted by Gasteiger charge is 2.69. The van der Waals surface area contributed by atoms with Crippen LogP contribution in [0.3, 0.4) is 0 Å². The second-order valence-corrected chi connectivity index (χ2v) is 15.5. The first-order chi connectivity index (χ1) is 27.4. The van der Waals surface area contributed by atoms with Crippen LogP contribution in [0.15, 0.2) is 66.9 Å². The summed E-state index contributed by atoms with van der Waals surface area (Å²) in [6.07, 6.45) is 2.92. The van der Waals surface area contributed by atoms with E-state index in [1.54, 1.807) is 42.6 Å². The first-order valence-electron chi connectivity index (χ1n) is 19.0. The Bertz CT molecular complexity index is 2370. The van der Waals surface area contributed by atoms with Gasteiger partial charge in [0.05, 0.1) is 46.9 Å². The Morgan fingerprint density at radius 2 is 1.63 bits per heavy atom. The molecule has 4 aromatic rings. The lowest BCUT2D eigenvalue weighted by Crippen LogP contribution is -2.78. The summed E-state index contributed by atoms with van der Waals surface area (Å²) in [6, 6.07) is 18.2. The second kappa shape index (κ2) is 14.6. The van der Waals surface area contributed by atoms with Crippen LogP contribution < -0.4 is 24.8 Å². The van der Waals surface area contributed by atoms with Crippen molar-refractivity contribution >= 4 is 40.4 Å². The fraction of sp³-hybridized carbons (Fsp3) is 0.372. The molecule has 0 spiro atoms. The van der Waals surface area contributed by atoms with E-state index in [0.29, 0.717) is 73.2 Å². The molecule has 2 N–H and O–H groups in total. The summed E-state index contributed by atoms with van der Waals surface area (Å²) in [6.45, 7) is 7.95. The standard InChI is InChI=1S/C43H41N5O9/c1-42(2)40(43(3)30-16-17-45-35-25(23-44)8-14-32(34(30)35)57-41(42)43)47-36(50)24-6-9-26(10-7-24)55-20-4-18-54-19-5-21-56-27-11-12-28-29(22-27)39(53)48(38(28)52)31-13-15-33(49)46-37(31)51/h6-12,14,16-17,22,31,40-41H,4-5,13,15,18-21H2,1-3H3,(H,47,50)(H,46,49,51)/t31?,40?,41-,43-/m0/s1. The van der Waals surface area contributed by atoms with Crippen LogP contribution in [0.5, 0.6) is 17.2 Å². The lowest BCUT2D eigenvalue weighted by molar-refractivity contribution is -0.136. The summed E-state index contributed by atoms with van der Waals surface area (Å²) < 4.78 is 23.9. The van der Waals surface area contributed by atoms with E-state index < -0.39 is 35.1 Å². The zero-order valence-electron chi connectivity index (χ0n) is 31.8. The van der Waals surface area contributed by atoms with Crippen LogP contribution in [0.4, 0.5) is 0 Å². The zero-order valence-corrected chi connectivity index (χ0v) is 31.8. The van der Waals surface area contributed by atoms with Gasteiger partial charge in [-0.15, -0.1) is 0 Å². The van der Waals surface area contributed by atoms with Crippen LogP contribution in [0, 0.1) is 16.7 Å². The monoisotopic (exact) mass is 771 g/mol. The number of nitrogens with one attached hydrogen (secondary N) is 2. The van der Waals surface area contributed by atoms with Crippen molar-refractivity contribution < 1.29 is 42.9 Å². The maximum absolute atomic E-state index is 13.6. The Hall–Kier alpha value is -6.33. The van der Waals surface area contributed by atoms with Crippen molar-refractivity contribution in [3.05, 3.63) is 94.7 Å². The second-order valence-electron chi connectivity index (χ2n) is 15.5. The Kier molecular flexibility index (Phi) is 9.65. The van der Waals surface area contributed by atoms with Gasteiger partial charge in [-0.2, -0.15) is 5.26 Å². The molecule has 3 aliphatic heterocycles. The number of hydrogen-bond acceptors (Lipinski definition) is 11. The first kappa shape index (κ1) is 37.6. The molecule has 5 amide bonds. The fourth-order valence-corrected chi connectivity index (χ4v) is 8.92. The molecule has 4 aliphatic rings. The number of hydrogen-bond donors (Lipinski definition) is 2.